The van der Waals surface area contributed by atoms with E-state index in [-0.39, 0.29) is 18.3 Å². The largest absolute Gasteiger partial charge is 0.313 e. The minimum absolute atomic E-state index is 0. The molecule has 0 aliphatic carbocycles. The Hall–Kier alpha value is -0.770. The Morgan fingerprint density at radius 1 is 1.29 bits per heavy atom. The van der Waals surface area contributed by atoms with Crippen molar-refractivity contribution in [3.8, 4) is 0 Å². The monoisotopic (exact) mass is 276 g/mol. The van der Waals surface area contributed by atoms with Crippen LogP contribution in [0.4, 0.5) is 5.69 Å². The number of halogens is 2. The summed E-state index contributed by atoms with van der Waals surface area (Å²) in [5.74, 6) is 0.0289. The zero-order valence-electron chi connectivity index (χ0n) is 10.5. The van der Waals surface area contributed by atoms with E-state index in [1.54, 1.807) is 18.0 Å². The summed E-state index contributed by atoms with van der Waals surface area (Å²) in [6, 6.07) is 5.62. The zero-order chi connectivity index (χ0) is 12.3. The maximum absolute atomic E-state index is 11.9. The Kier molecular flexibility index (Phi) is 6.53. The van der Waals surface area contributed by atoms with Gasteiger partial charge in [0.05, 0.1) is 17.3 Å². The van der Waals surface area contributed by atoms with Crippen molar-refractivity contribution in [2.45, 2.75) is 6.92 Å². The first-order valence-electron chi connectivity index (χ1n) is 5.10. The second-order valence-electron chi connectivity index (χ2n) is 4.10. The Morgan fingerprint density at radius 3 is 2.35 bits per heavy atom. The fourth-order valence-electron chi connectivity index (χ4n) is 1.55. The van der Waals surface area contributed by atoms with Crippen molar-refractivity contribution in [2.24, 2.45) is 0 Å². The van der Waals surface area contributed by atoms with Crippen molar-refractivity contribution >= 4 is 35.6 Å². The number of aryl methyl sites for hydroxylation is 1. The number of nitrogens with zero attached hydrogens (tertiary/aromatic N) is 2. The number of likely N-dealkylation sites (N-methyl/N-ethyl adjacent to an activating group) is 2. The molecule has 96 valence electrons. The summed E-state index contributed by atoms with van der Waals surface area (Å²) in [6.07, 6.45) is 0. The van der Waals surface area contributed by atoms with Crippen LogP contribution in [0.1, 0.15) is 5.56 Å². The lowest BCUT2D eigenvalue weighted by Gasteiger charge is -2.22. The number of para-hydroxylation sites is 1. The van der Waals surface area contributed by atoms with E-state index < -0.39 is 0 Å². The van der Waals surface area contributed by atoms with E-state index in [1.807, 2.05) is 38.1 Å². The SMILES string of the molecule is Cc1cccc(Cl)c1N(C)C(=O)CN(C)C.Cl. The van der Waals surface area contributed by atoms with Crippen LogP contribution in [0.2, 0.25) is 5.02 Å². The van der Waals surface area contributed by atoms with Gasteiger partial charge in [-0.2, -0.15) is 0 Å². The van der Waals surface area contributed by atoms with Crippen LogP contribution in [-0.2, 0) is 4.79 Å². The van der Waals surface area contributed by atoms with Gasteiger partial charge in [0, 0.05) is 7.05 Å². The Bertz CT molecular complexity index is 374. The molecule has 1 aromatic carbocycles. The zero-order valence-corrected chi connectivity index (χ0v) is 12.1. The Labute approximate surface area is 114 Å². The number of hydrogen-bond acceptors (Lipinski definition) is 2. The van der Waals surface area contributed by atoms with E-state index in [2.05, 4.69) is 0 Å². The van der Waals surface area contributed by atoms with Crippen molar-refractivity contribution in [1.82, 2.24) is 4.90 Å². The highest BCUT2D eigenvalue weighted by Gasteiger charge is 2.16. The highest BCUT2D eigenvalue weighted by atomic mass is 35.5. The molecule has 17 heavy (non-hydrogen) atoms. The van der Waals surface area contributed by atoms with Gasteiger partial charge in [-0.05, 0) is 32.6 Å². The molecule has 1 amide bonds. The molecule has 0 spiro atoms. The normalized spacial score (nSPS) is 10.0. The number of anilines is 1. The molecule has 0 aromatic heterocycles. The summed E-state index contributed by atoms with van der Waals surface area (Å²) >= 11 is 6.10. The number of benzene rings is 1. The number of hydrogen-bond donors (Lipinski definition) is 0. The van der Waals surface area contributed by atoms with Gasteiger partial charge >= 0.3 is 0 Å². The standard InChI is InChI=1S/C12H17ClN2O.ClH/c1-9-6-5-7-10(13)12(9)15(4)11(16)8-14(2)3;/h5-7H,8H2,1-4H3;1H. The molecule has 5 heteroatoms. The van der Waals surface area contributed by atoms with Crippen molar-refractivity contribution in [3.63, 3.8) is 0 Å². The molecule has 0 saturated carbocycles. The summed E-state index contributed by atoms with van der Waals surface area (Å²) in [7, 11) is 5.48. The van der Waals surface area contributed by atoms with Crippen LogP contribution in [0.15, 0.2) is 18.2 Å². The lowest BCUT2D eigenvalue weighted by Crippen LogP contribution is -2.35. The molecule has 0 aliphatic rings. The van der Waals surface area contributed by atoms with Crippen LogP contribution < -0.4 is 4.90 Å². The maximum Gasteiger partial charge on any atom is 0.240 e. The van der Waals surface area contributed by atoms with E-state index in [9.17, 15) is 4.79 Å². The molecule has 0 aliphatic heterocycles. The average Bonchev–Trinajstić information content (AvgIpc) is 2.16. The van der Waals surface area contributed by atoms with E-state index in [4.69, 9.17) is 11.6 Å². The van der Waals surface area contributed by atoms with Crippen LogP contribution in [0.5, 0.6) is 0 Å². The molecule has 0 atom stereocenters. The quantitative estimate of drug-likeness (QED) is 0.847. The third-order valence-electron chi connectivity index (χ3n) is 2.35. The van der Waals surface area contributed by atoms with Crippen LogP contribution in [0.25, 0.3) is 0 Å². The summed E-state index contributed by atoms with van der Waals surface area (Å²) < 4.78 is 0. The van der Waals surface area contributed by atoms with Crippen LogP contribution in [-0.4, -0.2) is 38.5 Å². The summed E-state index contributed by atoms with van der Waals surface area (Å²) in [5.41, 5.74) is 1.79. The Morgan fingerprint density at radius 2 is 1.88 bits per heavy atom. The summed E-state index contributed by atoms with van der Waals surface area (Å²) in [4.78, 5) is 15.3. The lowest BCUT2D eigenvalue weighted by molar-refractivity contribution is -0.118. The van der Waals surface area contributed by atoms with E-state index in [1.165, 1.54) is 0 Å². The minimum atomic E-state index is 0. The van der Waals surface area contributed by atoms with Crippen molar-refractivity contribution in [2.75, 3.05) is 32.6 Å². The second-order valence-corrected chi connectivity index (χ2v) is 4.50. The van der Waals surface area contributed by atoms with Crippen LogP contribution in [0.3, 0.4) is 0 Å². The van der Waals surface area contributed by atoms with E-state index >= 15 is 0 Å². The highest BCUT2D eigenvalue weighted by Crippen LogP contribution is 2.28. The fraction of sp³-hybridized carbons (Fsp3) is 0.417. The molecule has 0 N–H and O–H groups in total. The predicted octanol–water partition coefficient (Wildman–Crippen LogP) is 2.59. The minimum Gasteiger partial charge on any atom is -0.313 e. The molecule has 0 fully saturated rings. The number of carbonyl (C=O) groups excluding carboxylic acids is 1. The molecule has 0 unspecified atom stereocenters. The van der Waals surface area contributed by atoms with Gasteiger partial charge in [-0.1, -0.05) is 23.7 Å². The number of amides is 1. The van der Waals surface area contributed by atoms with E-state index in [0.717, 1.165) is 11.3 Å². The van der Waals surface area contributed by atoms with Gasteiger partial charge in [-0.25, -0.2) is 0 Å². The predicted molar refractivity (Wildman–Crippen MR) is 75.4 cm³/mol. The molecule has 0 bridgehead atoms. The Balaban J connectivity index is 0.00000256. The molecule has 0 heterocycles. The van der Waals surface area contributed by atoms with Gasteiger partial charge in [0.2, 0.25) is 5.91 Å². The molecule has 0 saturated heterocycles. The first kappa shape index (κ1) is 16.2. The molecule has 0 radical (unpaired) electrons. The molecular weight excluding hydrogens is 259 g/mol. The number of rotatable bonds is 3. The highest BCUT2D eigenvalue weighted by molar-refractivity contribution is 6.34. The second kappa shape index (κ2) is 6.84. The van der Waals surface area contributed by atoms with Crippen molar-refractivity contribution < 1.29 is 4.79 Å². The topological polar surface area (TPSA) is 23.6 Å². The van der Waals surface area contributed by atoms with Crippen molar-refractivity contribution in [3.05, 3.63) is 28.8 Å². The average molecular weight is 277 g/mol. The third kappa shape index (κ3) is 4.19. The van der Waals surface area contributed by atoms with Crippen LogP contribution in [0, 0.1) is 6.92 Å². The van der Waals surface area contributed by atoms with Crippen LogP contribution >= 0.6 is 24.0 Å². The summed E-state index contributed by atoms with van der Waals surface area (Å²) in [5, 5.41) is 0.606. The van der Waals surface area contributed by atoms with Gasteiger partial charge in [0.25, 0.3) is 0 Å². The lowest BCUT2D eigenvalue weighted by atomic mass is 10.2. The van der Waals surface area contributed by atoms with Crippen molar-refractivity contribution in [1.29, 1.82) is 0 Å². The molecule has 1 rings (SSSR count). The fourth-order valence-corrected chi connectivity index (χ4v) is 1.90. The first-order valence-corrected chi connectivity index (χ1v) is 5.47. The van der Waals surface area contributed by atoms with Gasteiger partial charge in [-0.15, -0.1) is 12.4 Å². The smallest absolute Gasteiger partial charge is 0.240 e. The van der Waals surface area contributed by atoms with Gasteiger partial charge in [0.15, 0.2) is 0 Å². The van der Waals surface area contributed by atoms with Gasteiger partial charge in [-0.3, -0.25) is 4.79 Å². The molecule has 3 nitrogen and oxygen atoms in total. The number of carbonyl (C=O) groups is 1. The van der Waals surface area contributed by atoms with E-state index in [0.29, 0.717) is 11.6 Å². The summed E-state index contributed by atoms with van der Waals surface area (Å²) in [6.45, 7) is 2.32. The maximum atomic E-state index is 11.9. The van der Waals surface area contributed by atoms with Gasteiger partial charge < -0.3 is 9.80 Å². The van der Waals surface area contributed by atoms with Gasteiger partial charge in [0.1, 0.15) is 0 Å². The molecule has 1 aromatic rings. The third-order valence-corrected chi connectivity index (χ3v) is 2.65. The first-order chi connectivity index (χ1) is 7.43. The molecular formula is C12H18Cl2N2O.